The van der Waals surface area contributed by atoms with Gasteiger partial charge in [-0.25, -0.2) is 0 Å². The summed E-state index contributed by atoms with van der Waals surface area (Å²) in [4.78, 5) is 18.6. The molecule has 0 spiro atoms. The lowest BCUT2D eigenvalue weighted by atomic mass is 10.1. The van der Waals surface area contributed by atoms with E-state index in [1.54, 1.807) is 12.1 Å². The van der Waals surface area contributed by atoms with Crippen LogP contribution < -0.4 is 0 Å². The zero-order valence-corrected chi connectivity index (χ0v) is 15.1. The molecule has 3 aliphatic rings. The van der Waals surface area contributed by atoms with Gasteiger partial charge in [0.2, 0.25) is 5.17 Å². The number of rotatable bonds is 1. The first-order valence-electron chi connectivity index (χ1n) is 7.62. The van der Waals surface area contributed by atoms with Crippen molar-refractivity contribution in [2.45, 2.75) is 19.3 Å². The molecule has 24 heavy (non-hydrogen) atoms. The average Bonchev–Trinajstić information content (AvgIpc) is 3.18. The van der Waals surface area contributed by atoms with Gasteiger partial charge in [-0.3, -0.25) is 10.2 Å². The summed E-state index contributed by atoms with van der Waals surface area (Å²) in [7, 11) is 0. The minimum Gasteiger partial charge on any atom is -0.450 e. The highest BCUT2D eigenvalue weighted by atomic mass is 79.9. The summed E-state index contributed by atoms with van der Waals surface area (Å²) in [6.45, 7) is 1.91. The fourth-order valence-corrected chi connectivity index (χ4v) is 4.01. The van der Waals surface area contributed by atoms with Crippen molar-refractivity contribution in [3.8, 4) is 0 Å². The summed E-state index contributed by atoms with van der Waals surface area (Å²) in [6, 6.07) is 3.45. The van der Waals surface area contributed by atoms with Gasteiger partial charge in [-0.1, -0.05) is 0 Å². The molecule has 0 aliphatic carbocycles. The number of nitrogens with zero attached hydrogens (tertiary/aromatic N) is 4. The normalized spacial score (nSPS) is 22.8. The van der Waals surface area contributed by atoms with Crippen molar-refractivity contribution in [3.05, 3.63) is 28.1 Å². The standard InChI is InChI=1S/C15H14BrN5O2S/c16-11-5-4-9(23-11)8-10-12(17)21-14(18-13(10)22)24-15(19-21)20-6-2-1-3-7-20/h4-5,8,17H,1-3,6-7H2/b10-8+,17-12?. The van der Waals surface area contributed by atoms with Gasteiger partial charge in [0, 0.05) is 13.1 Å². The van der Waals surface area contributed by atoms with Crippen LogP contribution in [-0.4, -0.2) is 45.1 Å². The number of amides is 1. The number of fused-ring (bicyclic) bond motifs is 1. The molecular weight excluding hydrogens is 394 g/mol. The number of furan rings is 1. The monoisotopic (exact) mass is 407 g/mol. The van der Waals surface area contributed by atoms with Crippen molar-refractivity contribution in [1.82, 2.24) is 9.91 Å². The predicted molar refractivity (Wildman–Crippen MR) is 96.8 cm³/mol. The largest absolute Gasteiger partial charge is 0.450 e. The number of thioether (sulfide) groups is 1. The van der Waals surface area contributed by atoms with E-state index >= 15 is 0 Å². The molecule has 1 aromatic rings. The summed E-state index contributed by atoms with van der Waals surface area (Å²) < 4.78 is 5.95. The number of halogens is 1. The van der Waals surface area contributed by atoms with E-state index in [0.29, 0.717) is 15.6 Å². The maximum atomic E-state index is 12.3. The van der Waals surface area contributed by atoms with Crippen LogP contribution in [0.3, 0.4) is 0 Å². The van der Waals surface area contributed by atoms with E-state index in [-0.39, 0.29) is 11.4 Å². The van der Waals surface area contributed by atoms with E-state index in [2.05, 4.69) is 30.9 Å². The van der Waals surface area contributed by atoms with E-state index < -0.39 is 5.91 Å². The minimum atomic E-state index is -0.443. The Morgan fingerprint density at radius 1 is 1.25 bits per heavy atom. The lowest BCUT2D eigenvalue weighted by Crippen LogP contribution is -2.35. The third-order valence-electron chi connectivity index (χ3n) is 3.95. The van der Waals surface area contributed by atoms with E-state index in [1.807, 2.05) is 0 Å². The Morgan fingerprint density at radius 3 is 2.75 bits per heavy atom. The molecule has 0 bridgehead atoms. The first-order chi connectivity index (χ1) is 11.6. The molecule has 3 aliphatic heterocycles. The van der Waals surface area contributed by atoms with Gasteiger partial charge in [0.05, 0.1) is 5.57 Å². The fourth-order valence-electron chi connectivity index (χ4n) is 2.74. The number of hydrogen-bond donors (Lipinski definition) is 1. The molecule has 1 saturated heterocycles. The second kappa shape index (κ2) is 6.21. The van der Waals surface area contributed by atoms with Crippen molar-refractivity contribution < 1.29 is 9.21 Å². The second-order valence-electron chi connectivity index (χ2n) is 5.59. The third-order valence-corrected chi connectivity index (χ3v) is 5.35. The molecule has 1 fully saturated rings. The van der Waals surface area contributed by atoms with Crippen LogP contribution in [0.1, 0.15) is 25.0 Å². The molecule has 124 valence electrons. The molecule has 4 rings (SSSR count). The lowest BCUT2D eigenvalue weighted by Gasteiger charge is -2.26. The van der Waals surface area contributed by atoms with Gasteiger partial charge in [-0.05, 0) is 65.2 Å². The van der Waals surface area contributed by atoms with Gasteiger partial charge >= 0.3 is 0 Å². The molecule has 9 heteroatoms. The molecule has 0 unspecified atom stereocenters. The Bertz CT molecular complexity index is 807. The first-order valence-corrected chi connectivity index (χ1v) is 9.23. The number of piperidine rings is 1. The number of nitrogens with one attached hydrogen (secondary N) is 1. The highest BCUT2D eigenvalue weighted by Gasteiger charge is 2.37. The van der Waals surface area contributed by atoms with Crippen molar-refractivity contribution >= 4 is 55.8 Å². The number of aliphatic imine (C=N–C) groups is 1. The molecule has 0 atom stereocenters. The quantitative estimate of drug-likeness (QED) is 0.722. The summed E-state index contributed by atoms with van der Waals surface area (Å²) in [5.74, 6) is 0.0686. The molecular formula is C15H14BrN5O2S. The highest BCUT2D eigenvalue weighted by molar-refractivity contribution is 9.10. The van der Waals surface area contributed by atoms with Crippen LogP contribution in [0.4, 0.5) is 0 Å². The number of carbonyl (C=O) groups excluding carboxylic acids is 1. The number of amidine groups is 3. The Balaban J connectivity index is 1.62. The maximum Gasteiger partial charge on any atom is 0.283 e. The average molecular weight is 408 g/mol. The summed E-state index contributed by atoms with van der Waals surface area (Å²) in [6.07, 6.45) is 5.04. The van der Waals surface area contributed by atoms with E-state index in [4.69, 9.17) is 9.83 Å². The van der Waals surface area contributed by atoms with Crippen molar-refractivity contribution in [3.63, 3.8) is 0 Å². The molecule has 1 N–H and O–H groups in total. The predicted octanol–water partition coefficient (Wildman–Crippen LogP) is 3.10. The maximum absolute atomic E-state index is 12.3. The summed E-state index contributed by atoms with van der Waals surface area (Å²) in [5, 5.41) is 15.5. The van der Waals surface area contributed by atoms with Gasteiger partial charge in [-0.2, -0.15) is 10.0 Å². The van der Waals surface area contributed by atoms with Crippen LogP contribution >= 0.6 is 27.7 Å². The van der Waals surface area contributed by atoms with E-state index in [9.17, 15) is 4.79 Å². The third kappa shape index (κ3) is 2.82. The van der Waals surface area contributed by atoms with Gasteiger partial charge < -0.3 is 9.32 Å². The molecule has 4 heterocycles. The minimum absolute atomic E-state index is 0.0250. The fraction of sp³-hybridized carbons (Fsp3) is 0.333. The molecule has 1 aromatic heterocycles. The molecule has 0 radical (unpaired) electrons. The topological polar surface area (TPSA) is 85.3 Å². The van der Waals surface area contributed by atoms with Gasteiger partial charge in [0.1, 0.15) is 5.76 Å². The number of hydrazone groups is 1. The number of hydrogen-bond acceptors (Lipinski definition) is 6. The van der Waals surface area contributed by atoms with E-state index in [1.165, 1.54) is 29.3 Å². The van der Waals surface area contributed by atoms with E-state index in [0.717, 1.165) is 31.1 Å². The Morgan fingerprint density at radius 2 is 2.04 bits per heavy atom. The van der Waals surface area contributed by atoms with Crippen LogP contribution in [0, 0.1) is 5.41 Å². The Kier molecular flexibility index (Phi) is 4.05. The highest BCUT2D eigenvalue weighted by Crippen LogP contribution is 2.30. The van der Waals surface area contributed by atoms with Gasteiger partial charge in [-0.15, -0.1) is 5.10 Å². The Labute approximate surface area is 151 Å². The summed E-state index contributed by atoms with van der Waals surface area (Å²) >= 11 is 4.57. The summed E-state index contributed by atoms with van der Waals surface area (Å²) in [5.41, 5.74) is 0.171. The van der Waals surface area contributed by atoms with Gasteiger partial charge in [0.25, 0.3) is 5.91 Å². The van der Waals surface area contributed by atoms with Crippen LogP contribution in [0.5, 0.6) is 0 Å². The molecule has 7 nitrogen and oxygen atoms in total. The van der Waals surface area contributed by atoms with Crippen molar-refractivity contribution in [2.24, 2.45) is 10.1 Å². The van der Waals surface area contributed by atoms with Crippen LogP contribution in [0.15, 0.2) is 36.9 Å². The zero-order chi connectivity index (χ0) is 16.7. The molecule has 0 saturated carbocycles. The van der Waals surface area contributed by atoms with Crippen LogP contribution in [0.25, 0.3) is 6.08 Å². The number of likely N-dealkylation sites (tertiary alicyclic amines) is 1. The zero-order valence-electron chi connectivity index (χ0n) is 12.7. The number of carbonyl (C=O) groups is 1. The van der Waals surface area contributed by atoms with Crippen molar-refractivity contribution in [2.75, 3.05) is 13.1 Å². The Hall–Kier alpha value is -1.87. The smallest absolute Gasteiger partial charge is 0.283 e. The van der Waals surface area contributed by atoms with Crippen molar-refractivity contribution in [1.29, 1.82) is 5.41 Å². The molecule has 0 aromatic carbocycles. The lowest BCUT2D eigenvalue weighted by molar-refractivity contribution is -0.114. The molecule has 1 amide bonds. The second-order valence-corrected chi connectivity index (χ2v) is 7.31. The van der Waals surface area contributed by atoms with Crippen LogP contribution in [-0.2, 0) is 4.79 Å². The van der Waals surface area contributed by atoms with Crippen LogP contribution in [0.2, 0.25) is 0 Å². The first kappa shape index (κ1) is 15.6. The SMILES string of the molecule is N=C1/C(=C\c2ccc(Br)o2)C(=O)N=C2SC(N3CCCCC3)=NN12. The van der Waals surface area contributed by atoms with Gasteiger partial charge in [0.15, 0.2) is 15.7 Å².